The average Bonchev–Trinajstić information content (AvgIpc) is 4.26. The standard InChI is InChI=1S/C24H19F3N4O4S.C23H19F3N4O5S.Li.H2O/c1-35-22(34)16-10-14(24(25,26)27)11-28-21(16)30-23-29-19(20(36-23)13-2-3-13)12-4-6-15(7-5-12)31-17(32)8-9-18(31)33;24-23(25,26)13-9-15(21(34)35)20(27-10-13)30-22-29-18(19(36-22)12-1-2-12)11-3-5-14(6-4-11)28-16(31)7-8-17(32)33;;/h4-7,10-11,13H,2-3,8-9H2,1H3,(H,28,29,30);3-6,9-10,12H,1-2,7-8H2,(H,28,31)(H,32,33)(H,34,35)(H,27,29,30);;1H2/q;;+1;/p-1. The van der Waals surface area contributed by atoms with Gasteiger partial charge in [-0.15, -0.1) is 22.7 Å². The molecule has 27 heteroatoms. The maximum Gasteiger partial charge on any atom is 1.00 e. The molecule has 6 N–H and O–H groups in total. The first-order chi connectivity index (χ1) is 34.2. The third-order valence-electron chi connectivity index (χ3n) is 11.2. The van der Waals surface area contributed by atoms with Gasteiger partial charge in [0.1, 0.15) is 22.8 Å². The summed E-state index contributed by atoms with van der Waals surface area (Å²) in [4.78, 5) is 90.0. The molecule has 18 nitrogen and oxygen atoms in total. The summed E-state index contributed by atoms with van der Waals surface area (Å²) < 4.78 is 83.0. The van der Waals surface area contributed by atoms with Crippen molar-refractivity contribution in [1.29, 1.82) is 0 Å². The normalized spacial score (nSPS) is 14.2. The van der Waals surface area contributed by atoms with Gasteiger partial charge in [0.2, 0.25) is 17.7 Å². The number of esters is 1. The van der Waals surface area contributed by atoms with Crippen LogP contribution < -0.4 is 39.7 Å². The number of nitrogens with zero attached hydrogens (tertiary/aromatic N) is 5. The van der Waals surface area contributed by atoms with Gasteiger partial charge in [0.05, 0.1) is 41.7 Å². The zero-order valence-electron chi connectivity index (χ0n) is 38.8. The number of carboxylic acid groups (broad SMARTS) is 2. The van der Waals surface area contributed by atoms with Crippen LogP contribution in [0.25, 0.3) is 22.5 Å². The molecular formula is C47H39F6LiN8O10S2. The van der Waals surface area contributed by atoms with Crippen LogP contribution >= 0.6 is 22.7 Å². The summed E-state index contributed by atoms with van der Waals surface area (Å²) >= 11 is 2.60. The Labute approximate surface area is 435 Å². The number of hydrogen-bond acceptors (Lipinski definition) is 16. The fourth-order valence-corrected chi connectivity index (χ4v) is 9.60. The fraction of sp³-hybridized carbons (Fsp3) is 0.277. The number of carboxylic acids is 2. The van der Waals surface area contributed by atoms with Crippen molar-refractivity contribution < 1.29 is 94.4 Å². The first-order valence-corrected chi connectivity index (χ1v) is 23.4. The number of benzene rings is 2. The van der Waals surface area contributed by atoms with Crippen molar-refractivity contribution in [3.05, 3.63) is 105 Å². The Hall–Kier alpha value is -7.24. The van der Waals surface area contributed by atoms with Crippen LogP contribution in [0.2, 0.25) is 0 Å². The number of amides is 3. The van der Waals surface area contributed by atoms with Crippen molar-refractivity contribution in [2.24, 2.45) is 0 Å². The molecule has 1 saturated heterocycles. The second-order valence-electron chi connectivity index (χ2n) is 16.5. The van der Waals surface area contributed by atoms with Gasteiger partial charge < -0.3 is 36.4 Å². The van der Waals surface area contributed by atoms with Crippen LogP contribution in [-0.4, -0.2) is 78.4 Å². The Morgan fingerprint density at radius 1 is 0.703 bits per heavy atom. The summed E-state index contributed by atoms with van der Waals surface area (Å²) in [7, 11) is 1.08. The predicted octanol–water partition coefficient (Wildman–Crippen LogP) is 7.46. The number of halogens is 6. The van der Waals surface area contributed by atoms with Crippen LogP contribution in [0.4, 0.5) is 59.6 Å². The third-order valence-corrected chi connectivity index (χ3v) is 13.4. The van der Waals surface area contributed by atoms with E-state index in [4.69, 9.17) is 5.11 Å². The number of rotatable bonds is 15. The van der Waals surface area contributed by atoms with Crippen LogP contribution in [0.3, 0.4) is 0 Å². The van der Waals surface area contributed by atoms with Gasteiger partial charge in [-0.2, -0.15) is 26.3 Å². The molecule has 0 unspecified atom stereocenters. The van der Waals surface area contributed by atoms with E-state index in [1.54, 1.807) is 48.5 Å². The van der Waals surface area contributed by atoms with Crippen molar-refractivity contribution >= 4 is 91.6 Å². The number of methoxy groups -OCH3 is 1. The van der Waals surface area contributed by atoms with Crippen molar-refractivity contribution in [3.63, 3.8) is 0 Å². The van der Waals surface area contributed by atoms with Crippen LogP contribution in [0, 0.1) is 0 Å². The molecule has 0 atom stereocenters. The molecule has 6 aromatic rings. The minimum Gasteiger partial charge on any atom is -0.870 e. The maximum atomic E-state index is 13.1. The number of aliphatic carboxylic acids is 1. The molecule has 2 aromatic carbocycles. The number of imide groups is 1. The van der Waals surface area contributed by atoms with E-state index in [9.17, 15) is 60.2 Å². The van der Waals surface area contributed by atoms with Crippen LogP contribution in [0.5, 0.6) is 0 Å². The molecule has 382 valence electrons. The number of alkyl halides is 6. The Balaban J connectivity index is 0.000000235. The largest absolute Gasteiger partial charge is 1.00 e. The number of anilines is 6. The fourth-order valence-electron chi connectivity index (χ4n) is 7.29. The van der Waals surface area contributed by atoms with Crippen LogP contribution in [0.1, 0.15) is 105 Å². The van der Waals surface area contributed by atoms with Gasteiger partial charge in [0, 0.05) is 58.2 Å². The van der Waals surface area contributed by atoms with Crippen molar-refractivity contribution in [1.82, 2.24) is 19.9 Å². The van der Waals surface area contributed by atoms with Crippen LogP contribution in [-0.2, 0) is 36.3 Å². The van der Waals surface area contributed by atoms with Gasteiger partial charge in [0.15, 0.2) is 10.3 Å². The minimum absolute atomic E-state index is 0. The molecule has 2 aliphatic carbocycles. The molecule has 1 aliphatic heterocycles. The topological polar surface area (TPSA) is 273 Å². The van der Waals surface area contributed by atoms with Crippen molar-refractivity contribution in [2.45, 2.75) is 75.6 Å². The van der Waals surface area contributed by atoms with Gasteiger partial charge in [-0.05, 0) is 73.9 Å². The van der Waals surface area contributed by atoms with Gasteiger partial charge in [0.25, 0.3) is 0 Å². The number of ether oxygens (including phenoxy) is 1. The first-order valence-electron chi connectivity index (χ1n) is 21.8. The van der Waals surface area contributed by atoms with Crippen molar-refractivity contribution in [2.75, 3.05) is 28.0 Å². The van der Waals surface area contributed by atoms with Crippen molar-refractivity contribution in [3.8, 4) is 22.5 Å². The summed E-state index contributed by atoms with van der Waals surface area (Å²) in [6, 6.07) is 14.9. The number of pyridine rings is 2. The first kappa shape index (κ1) is 56.1. The zero-order valence-corrected chi connectivity index (χ0v) is 40.4. The molecule has 0 spiro atoms. The number of carbonyl (C=O) groups excluding carboxylic acids is 4. The Morgan fingerprint density at radius 2 is 1.15 bits per heavy atom. The van der Waals surface area contributed by atoms with Gasteiger partial charge in [-0.1, -0.05) is 24.3 Å². The van der Waals surface area contributed by atoms with E-state index in [1.807, 2.05) is 0 Å². The van der Waals surface area contributed by atoms with Gasteiger partial charge >= 0.3 is 49.1 Å². The molecule has 3 aliphatic rings. The molecule has 3 fully saturated rings. The monoisotopic (exact) mass is 1060 g/mol. The van der Waals surface area contributed by atoms with E-state index in [1.165, 1.54) is 27.6 Å². The van der Waals surface area contributed by atoms with Gasteiger partial charge in [-0.25, -0.2) is 29.5 Å². The quantitative estimate of drug-likeness (QED) is 0.0289. The van der Waals surface area contributed by atoms with E-state index in [-0.39, 0.29) is 90.1 Å². The van der Waals surface area contributed by atoms with Crippen LogP contribution in [0.15, 0.2) is 73.1 Å². The zero-order chi connectivity index (χ0) is 51.6. The molecule has 2 saturated carbocycles. The smallest absolute Gasteiger partial charge is 0.870 e. The molecule has 9 rings (SSSR count). The summed E-state index contributed by atoms with van der Waals surface area (Å²) in [5.74, 6) is -4.28. The number of nitrogens with one attached hydrogen (secondary N) is 3. The van der Waals surface area contributed by atoms with Gasteiger partial charge in [-0.3, -0.25) is 24.1 Å². The molecule has 5 heterocycles. The second kappa shape index (κ2) is 22.9. The third kappa shape index (κ3) is 13.3. The molecule has 4 aromatic heterocycles. The van der Waals surface area contributed by atoms with E-state index in [0.717, 1.165) is 53.7 Å². The van der Waals surface area contributed by atoms with E-state index >= 15 is 0 Å². The molecule has 3 amide bonds. The van der Waals surface area contributed by atoms with E-state index in [2.05, 4.69) is 40.6 Å². The summed E-state index contributed by atoms with van der Waals surface area (Å²) in [5, 5.41) is 27.0. The number of aromatic nitrogens is 4. The summed E-state index contributed by atoms with van der Waals surface area (Å²) in [6.45, 7) is 0. The van der Waals surface area contributed by atoms with E-state index < -0.39 is 52.9 Å². The summed E-state index contributed by atoms with van der Waals surface area (Å²) in [5.41, 5.74) is 0.557. The Bertz CT molecular complexity index is 3090. The summed E-state index contributed by atoms with van der Waals surface area (Å²) in [6.07, 6.45) is -4.37. The average molecular weight is 1060 g/mol. The maximum absolute atomic E-state index is 13.1. The Kier molecular flexibility index (Phi) is 17.3. The van der Waals surface area contributed by atoms with E-state index in [0.29, 0.717) is 58.3 Å². The Morgan fingerprint density at radius 3 is 1.57 bits per heavy atom. The number of carbonyl (C=O) groups is 6. The minimum atomic E-state index is -4.73. The number of thiazole rings is 2. The molecular weight excluding hydrogens is 1020 g/mol. The number of hydrogen-bond donors (Lipinski definition) is 5. The molecule has 0 bridgehead atoms. The predicted molar refractivity (Wildman–Crippen MR) is 252 cm³/mol. The molecule has 0 radical (unpaired) electrons. The molecule has 74 heavy (non-hydrogen) atoms. The second-order valence-corrected chi connectivity index (χ2v) is 18.5. The SMILES string of the molecule is COC(=O)c1cc(C(F)(F)F)cnc1Nc1nc(-c2ccc(N3C(=O)CCC3=O)cc2)c(C2CC2)s1.O=C(O)CCC(=O)Nc1ccc(-c2nc(Nc3ncc(C(F)(F)F)cc3C(=O)O)sc2C2CC2)cc1.[Li+].[OH-]. The number of aromatic carboxylic acids is 1.